The Labute approximate surface area is 146 Å². The van der Waals surface area contributed by atoms with Gasteiger partial charge in [-0.25, -0.2) is 8.42 Å². The van der Waals surface area contributed by atoms with Crippen molar-refractivity contribution in [2.24, 2.45) is 11.8 Å². The highest BCUT2D eigenvalue weighted by molar-refractivity contribution is 7.89. The Bertz CT molecular complexity index is 591. The molecule has 0 saturated carbocycles. The van der Waals surface area contributed by atoms with E-state index >= 15 is 0 Å². The van der Waals surface area contributed by atoms with Crippen LogP contribution in [0.3, 0.4) is 0 Å². The Hall–Kier alpha value is -1.11. The number of piperidine rings is 1. The van der Waals surface area contributed by atoms with E-state index < -0.39 is 10.0 Å². The molecule has 1 heterocycles. The first-order chi connectivity index (χ1) is 11.4. The third-order valence-electron chi connectivity index (χ3n) is 4.42. The molecule has 1 N–H and O–H groups in total. The van der Waals surface area contributed by atoms with E-state index in [-0.39, 0.29) is 0 Å². The predicted molar refractivity (Wildman–Crippen MR) is 96.8 cm³/mol. The zero-order valence-electron chi connectivity index (χ0n) is 15.0. The van der Waals surface area contributed by atoms with E-state index in [1.54, 1.807) is 28.6 Å². The summed E-state index contributed by atoms with van der Waals surface area (Å²) in [4.78, 5) is 0.355. The van der Waals surface area contributed by atoms with Crippen LogP contribution >= 0.6 is 0 Å². The number of benzene rings is 1. The van der Waals surface area contributed by atoms with Gasteiger partial charge < -0.3 is 10.1 Å². The number of sulfonamides is 1. The molecule has 0 aromatic heterocycles. The van der Waals surface area contributed by atoms with Gasteiger partial charge >= 0.3 is 0 Å². The summed E-state index contributed by atoms with van der Waals surface area (Å²) in [5, 5.41) is 3.16. The van der Waals surface area contributed by atoms with E-state index in [0.717, 1.165) is 25.8 Å². The summed E-state index contributed by atoms with van der Waals surface area (Å²) in [5.74, 6) is 1.78. The molecule has 1 fully saturated rings. The van der Waals surface area contributed by atoms with Gasteiger partial charge in [0.25, 0.3) is 0 Å². The second-order valence-electron chi connectivity index (χ2n) is 6.92. The SMILES string of the molecule is CNCCC1CCN(S(=O)(=O)c2ccc(OCC(C)C)cc2)CC1. The van der Waals surface area contributed by atoms with Crippen molar-refractivity contribution in [1.82, 2.24) is 9.62 Å². The van der Waals surface area contributed by atoms with Gasteiger partial charge in [0.05, 0.1) is 11.5 Å². The van der Waals surface area contributed by atoms with Crippen LogP contribution in [0.5, 0.6) is 5.75 Å². The summed E-state index contributed by atoms with van der Waals surface area (Å²) in [6.07, 6.45) is 3.00. The van der Waals surface area contributed by atoms with Crippen LogP contribution in [-0.4, -0.2) is 46.0 Å². The Balaban J connectivity index is 1.95. The highest BCUT2D eigenvalue weighted by Crippen LogP contribution is 2.26. The van der Waals surface area contributed by atoms with Crippen molar-refractivity contribution in [3.8, 4) is 5.75 Å². The average Bonchev–Trinajstić information content (AvgIpc) is 2.59. The lowest BCUT2D eigenvalue weighted by atomic mass is 9.95. The topological polar surface area (TPSA) is 58.6 Å². The zero-order valence-corrected chi connectivity index (χ0v) is 15.8. The van der Waals surface area contributed by atoms with Crippen molar-refractivity contribution < 1.29 is 13.2 Å². The minimum atomic E-state index is -3.39. The number of ether oxygens (including phenoxy) is 1. The number of hydrogen-bond donors (Lipinski definition) is 1. The number of nitrogens with zero attached hydrogens (tertiary/aromatic N) is 1. The van der Waals surface area contributed by atoms with Gasteiger partial charge in [0.2, 0.25) is 10.0 Å². The molecule has 1 aromatic carbocycles. The van der Waals surface area contributed by atoms with Crippen LogP contribution in [-0.2, 0) is 10.0 Å². The normalized spacial score (nSPS) is 17.3. The molecule has 0 amide bonds. The monoisotopic (exact) mass is 354 g/mol. The zero-order chi connectivity index (χ0) is 17.6. The van der Waals surface area contributed by atoms with E-state index in [9.17, 15) is 8.42 Å². The van der Waals surface area contributed by atoms with Crippen LogP contribution < -0.4 is 10.1 Å². The maximum absolute atomic E-state index is 12.8. The van der Waals surface area contributed by atoms with Gasteiger partial charge in [-0.2, -0.15) is 4.31 Å². The summed E-state index contributed by atoms with van der Waals surface area (Å²) in [5.41, 5.74) is 0. The third kappa shape index (κ3) is 5.19. The van der Waals surface area contributed by atoms with Crippen LogP contribution in [0.2, 0.25) is 0 Å². The fourth-order valence-electron chi connectivity index (χ4n) is 2.91. The van der Waals surface area contributed by atoms with E-state index in [0.29, 0.717) is 42.2 Å². The van der Waals surface area contributed by atoms with Crippen LogP contribution in [0.15, 0.2) is 29.2 Å². The van der Waals surface area contributed by atoms with Gasteiger partial charge in [-0.1, -0.05) is 13.8 Å². The molecule has 0 radical (unpaired) electrons. The third-order valence-corrected chi connectivity index (χ3v) is 6.33. The standard InChI is InChI=1S/C18H30N2O3S/c1-15(2)14-23-17-4-6-18(7-5-17)24(21,22)20-12-9-16(10-13-20)8-11-19-3/h4-7,15-16,19H,8-14H2,1-3H3. The Morgan fingerprint density at radius 2 is 1.83 bits per heavy atom. The molecule has 0 unspecified atom stereocenters. The van der Waals surface area contributed by atoms with Crippen LogP contribution in [0.4, 0.5) is 0 Å². The molecule has 6 heteroatoms. The molecule has 24 heavy (non-hydrogen) atoms. The Morgan fingerprint density at radius 1 is 1.21 bits per heavy atom. The first-order valence-corrected chi connectivity index (χ1v) is 10.2. The fourth-order valence-corrected chi connectivity index (χ4v) is 4.38. The molecule has 0 spiro atoms. The summed E-state index contributed by atoms with van der Waals surface area (Å²) in [6.45, 7) is 7.02. The van der Waals surface area contributed by atoms with Crippen LogP contribution in [0, 0.1) is 11.8 Å². The maximum atomic E-state index is 12.8. The summed E-state index contributed by atoms with van der Waals surface area (Å²) >= 11 is 0. The molecule has 1 aliphatic heterocycles. The smallest absolute Gasteiger partial charge is 0.243 e. The second-order valence-corrected chi connectivity index (χ2v) is 8.85. The van der Waals surface area contributed by atoms with Crippen molar-refractivity contribution in [3.05, 3.63) is 24.3 Å². The van der Waals surface area contributed by atoms with Crippen molar-refractivity contribution >= 4 is 10.0 Å². The lowest BCUT2D eigenvalue weighted by molar-refractivity contribution is 0.263. The van der Waals surface area contributed by atoms with E-state index in [4.69, 9.17) is 4.74 Å². The van der Waals surface area contributed by atoms with Gasteiger partial charge in [0.15, 0.2) is 0 Å². The molecular formula is C18H30N2O3S. The van der Waals surface area contributed by atoms with Crippen molar-refractivity contribution in [1.29, 1.82) is 0 Å². The maximum Gasteiger partial charge on any atom is 0.243 e. The highest BCUT2D eigenvalue weighted by atomic mass is 32.2. The first kappa shape index (κ1) is 19.2. The second kappa shape index (κ2) is 8.83. The van der Waals surface area contributed by atoms with Gasteiger partial charge in [-0.3, -0.25) is 0 Å². The molecule has 136 valence electrons. The number of hydrogen-bond acceptors (Lipinski definition) is 4. The van der Waals surface area contributed by atoms with Crippen LogP contribution in [0.25, 0.3) is 0 Å². The summed E-state index contributed by atoms with van der Waals surface area (Å²) < 4.78 is 32.8. The number of rotatable bonds is 8. The van der Waals surface area contributed by atoms with Crippen molar-refractivity contribution in [2.75, 3.05) is 33.3 Å². The fraction of sp³-hybridized carbons (Fsp3) is 0.667. The number of nitrogens with one attached hydrogen (secondary N) is 1. The van der Waals surface area contributed by atoms with Gasteiger partial charge in [-0.15, -0.1) is 0 Å². The van der Waals surface area contributed by atoms with Gasteiger partial charge in [-0.05, 0) is 69.0 Å². The van der Waals surface area contributed by atoms with Gasteiger partial charge in [0.1, 0.15) is 5.75 Å². The van der Waals surface area contributed by atoms with E-state index in [2.05, 4.69) is 19.2 Å². The Kier molecular flexibility index (Phi) is 7.07. The van der Waals surface area contributed by atoms with E-state index in [1.807, 2.05) is 7.05 Å². The molecule has 0 aliphatic carbocycles. The first-order valence-electron chi connectivity index (χ1n) is 8.81. The summed E-state index contributed by atoms with van der Waals surface area (Å²) in [7, 11) is -1.44. The lowest BCUT2D eigenvalue weighted by Crippen LogP contribution is -2.38. The lowest BCUT2D eigenvalue weighted by Gasteiger charge is -2.31. The quantitative estimate of drug-likeness (QED) is 0.780. The molecule has 0 atom stereocenters. The predicted octanol–water partition coefficient (Wildman–Crippen LogP) is 2.73. The minimum absolute atomic E-state index is 0.355. The molecule has 5 nitrogen and oxygen atoms in total. The minimum Gasteiger partial charge on any atom is -0.493 e. The van der Waals surface area contributed by atoms with Gasteiger partial charge in [0, 0.05) is 13.1 Å². The van der Waals surface area contributed by atoms with Crippen molar-refractivity contribution in [2.45, 2.75) is 38.0 Å². The summed E-state index contributed by atoms with van der Waals surface area (Å²) in [6, 6.07) is 6.79. The Morgan fingerprint density at radius 3 is 2.38 bits per heavy atom. The molecule has 1 saturated heterocycles. The average molecular weight is 355 g/mol. The van der Waals surface area contributed by atoms with E-state index in [1.165, 1.54) is 0 Å². The largest absolute Gasteiger partial charge is 0.493 e. The molecule has 1 aromatic rings. The highest BCUT2D eigenvalue weighted by Gasteiger charge is 2.29. The van der Waals surface area contributed by atoms with Crippen molar-refractivity contribution in [3.63, 3.8) is 0 Å². The molecule has 2 rings (SSSR count). The molecular weight excluding hydrogens is 324 g/mol. The molecule has 0 bridgehead atoms. The van der Waals surface area contributed by atoms with Crippen LogP contribution in [0.1, 0.15) is 33.1 Å². The molecule has 1 aliphatic rings.